The van der Waals surface area contributed by atoms with Crippen LogP contribution in [-0.2, 0) is 0 Å². The molecule has 0 radical (unpaired) electrons. The van der Waals surface area contributed by atoms with Gasteiger partial charge in [-0.2, -0.15) is 0 Å². The van der Waals surface area contributed by atoms with Crippen LogP contribution >= 0.6 is 0 Å². The Kier molecular flexibility index (Phi) is 2.25. The number of hydrogen-bond donors (Lipinski definition) is 1. The third kappa shape index (κ3) is 1.44. The zero-order valence-corrected chi connectivity index (χ0v) is 12.0. The number of aromatic nitrogens is 2. The predicted molar refractivity (Wildman–Crippen MR) is 94.8 cm³/mol. The second-order valence-electron chi connectivity index (χ2n) is 5.58. The fourth-order valence-electron chi connectivity index (χ4n) is 3.40. The van der Waals surface area contributed by atoms with Crippen LogP contribution in [0, 0.1) is 0 Å². The second kappa shape index (κ2) is 4.25. The molecule has 22 heavy (non-hydrogen) atoms. The van der Waals surface area contributed by atoms with Crippen molar-refractivity contribution >= 4 is 32.8 Å². The summed E-state index contributed by atoms with van der Waals surface area (Å²) in [6.45, 7) is 0. The molecule has 106 valence electrons. The average molecular weight is 284 g/mol. The third-order valence-electron chi connectivity index (χ3n) is 4.33. The normalized spacial score (nSPS) is 11.6. The molecular formula is C20H16N2. The number of rotatable bonds is 1. The monoisotopic (exact) mass is 284 g/mol. The van der Waals surface area contributed by atoms with Crippen molar-refractivity contribution in [1.82, 2.24) is 9.55 Å². The highest BCUT2D eigenvalue weighted by Gasteiger charge is 2.16. The van der Waals surface area contributed by atoms with Crippen LogP contribution in [-0.4, -0.2) is 9.55 Å². The zero-order valence-electron chi connectivity index (χ0n) is 12.0. The van der Waals surface area contributed by atoms with Crippen LogP contribution in [0.4, 0.5) is 0 Å². The summed E-state index contributed by atoms with van der Waals surface area (Å²) in [5.74, 6) is 0. The maximum atomic E-state index is 3.59. The lowest BCUT2D eigenvalue weighted by atomic mass is 10.2. The largest absolute Gasteiger partial charge is 0.353 e. The second-order valence-corrected chi connectivity index (χ2v) is 5.58. The molecule has 1 N–H and O–H groups in total. The summed E-state index contributed by atoms with van der Waals surface area (Å²) < 4.78 is 2.35. The van der Waals surface area contributed by atoms with Crippen LogP contribution in [0.25, 0.3) is 38.5 Å². The van der Waals surface area contributed by atoms with E-state index in [-0.39, 0.29) is 1.43 Å². The highest BCUT2D eigenvalue weighted by atomic mass is 15.0. The van der Waals surface area contributed by atoms with Gasteiger partial charge in [0.05, 0.1) is 16.6 Å². The lowest BCUT2D eigenvalue weighted by Gasteiger charge is -2.07. The van der Waals surface area contributed by atoms with E-state index in [1.54, 1.807) is 0 Å². The Bertz CT molecular complexity index is 1110. The molecule has 2 nitrogen and oxygen atoms in total. The number of nitrogens with one attached hydrogen (secondary N) is 1. The van der Waals surface area contributed by atoms with Gasteiger partial charge in [0, 0.05) is 23.4 Å². The minimum atomic E-state index is 0. The van der Waals surface area contributed by atoms with Crippen LogP contribution < -0.4 is 0 Å². The summed E-state index contributed by atoms with van der Waals surface area (Å²) in [4.78, 5) is 3.59. The number of aromatic amines is 1. The molecule has 5 aromatic rings. The molecule has 2 aromatic heterocycles. The van der Waals surface area contributed by atoms with Crippen LogP contribution in [0.15, 0.2) is 78.9 Å². The van der Waals surface area contributed by atoms with E-state index >= 15 is 0 Å². The summed E-state index contributed by atoms with van der Waals surface area (Å²) >= 11 is 0. The van der Waals surface area contributed by atoms with Crippen molar-refractivity contribution < 1.29 is 1.43 Å². The van der Waals surface area contributed by atoms with Crippen LogP contribution in [0.5, 0.6) is 0 Å². The molecule has 3 aromatic carbocycles. The van der Waals surface area contributed by atoms with Crippen molar-refractivity contribution in [2.45, 2.75) is 0 Å². The molecule has 0 unspecified atom stereocenters. The summed E-state index contributed by atoms with van der Waals surface area (Å²) in [5, 5.41) is 2.52. The first-order valence-corrected chi connectivity index (χ1v) is 7.49. The number of H-pyrrole nitrogens is 1. The highest BCUT2D eigenvalue weighted by molar-refractivity contribution is 6.18. The van der Waals surface area contributed by atoms with Crippen molar-refractivity contribution in [2.24, 2.45) is 0 Å². The van der Waals surface area contributed by atoms with E-state index < -0.39 is 0 Å². The molecule has 0 aliphatic rings. The van der Waals surface area contributed by atoms with Gasteiger partial charge in [-0.05, 0) is 24.3 Å². The smallest absolute Gasteiger partial charge is 0.0797 e. The van der Waals surface area contributed by atoms with Gasteiger partial charge >= 0.3 is 0 Å². The van der Waals surface area contributed by atoms with Crippen molar-refractivity contribution in [3.8, 4) is 5.69 Å². The van der Waals surface area contributed by atoms with E-state index in [4.69, 9.17) is 0 Å². The van der Waals surface area contributed by atoms with Crippen molar-refractivity contribution in [2.75, 3.05) is 0 Å². The van der Waals surface area contributed by atoms with Crippen LogP contribution in [0.3, 0.4) is 0 Å². The van der Waals surface area contributed by atoms with Gasteiger partial charge in [-0.3, -0.25) is 0 Å². The van der Waals surface area contributed by atoms with Gasteiger partial charge in [-0.25, -0.2) is 0 Å². The van der Waals surface area contributed by atoms with E-state index in [1.165, 1.54) is 38.5 Å². The van der Waals surface area contributed by atoms with E-state index in [0.29, 0.717) is 0 Å². The molecule has 0 fully saturated rings. The minimum absolute atomic E-state index is 0. The third-order valence-corrected chi connectivity index (χ3v) is 4.33. The molecule has 0 saturated carbocycles. The molecule has 0 aliphatic heterocycles. The van der Waals surface area contributed by atoms with Gasteiger partial charge in [0.15, 0.2) is 0 Å². The predicted octanol–water partition coefficient (Wildman–Crippen LogP) is 5.51. The highest BCUT2D eigenvalue weighted by Crippen LogP contribution is 2.36. The first kappa shape index (κ1) is 11.6. The summed E-state index contributed by atoms with van der Waals surface area (Å²) in [5.41, 5.74) is 6.07. The fraction of sp³-hybridized carbons (Fsp3) is 0. The summed E-state index contributed by atoms with van der Waals surface area (Å²) in [6.07, 6.45) is 0. The molecule has 5 rings (SSSR count). The maximum Gasteiger partial charge on any atom is 0.0797 e. The topological polar surface area (TPSA) is 20.7 Å². The Labute approximate surface area is 129 Å². The molecule has 0 amide bonds. The van der Waals surface area contributed by atoms with Gasteiger partial charge in [-0.1, -0.05) is 54.6 Å². The quantitative estimate of drug-likeness (QED) is 0.419. The first-order valence-electron chi connectivity index (χ1n) is 7.49. The van der Waals surface area contributed by atoms with E-state index in [1.807, 2.05) is 0 Å². The Morgan fingerprint density at radius 2 is 1.36 bits per heavy atom. The van der Waals surface area contributed by atoms with E-state index in [9.17, 15) is 0 Å². The molecule has 0 atom stereocenters. The lowest BCUT2D eigenvalue weighted by molar-refractivity contribution is 1.19. The number of nitrogens with zero attached hydrogens (tertiary/aromatic N) is 1. The molecule has 0 bridgehead atoms. The van der Waals surface area contributed by atoms with Gasteiger partial charge in [-0.15, -0.1) is 0 Å². The Hall–Kier alpha value is -3.00. The van der Waals surface area contributed by atoms with Crippen LogP contribution in [0.2, 0.25) is 0 Å². The zero-order chi connectivity index (χ0) is 14.5. The number of benzene rings is 3. The molecule has 2 heteroatoms. The Morgan fingerprint density at radius 3 is 2.23 bits per heavy atom. The van der Waals surface area contributed by atoms with Crippen LogP contribution in [0.1, 0.15) is 1.43 Å². The minimum Gasteiger partial charge on any atom is -0.353 e. The molecule has 0 spiro atoms. The number of fused-ring (bicyclic) bond motifs is 5. The molecule has 2 heterocycles. The maximum absolute atomic E-state index is 3.59. The lowest BCUT2D eigenvalue weighted by Crippen LogP contribution is -1.92. The first-order chi connectivity index (χ1) is 10.9. The van der Waals surface area contributed by atoms with Crippen molar-refractivity contribution in [3.63, 3.8) is 0 Å². The average Bonchev–Trinajstić information content (AvgIpc) is 3.10. The molecular weight excluding hydrogens is 268 g/mol. The van der Waals surface area contributed by atoms with Gasteiger partial charge in [0.1, 0.15) is 0 Å². The van der Waals surface area contributed by atoms with E-state index in [2.05, 4.69) is 88.4 Å². The Balaban J connectivity index is 0.00000135. The van der Waals surface area contributed by atoms with Crippen molar-refractivity contribution in [1.29, 1.82) is 0 Å². The van der Waals surface area contributed by atoms with Gasteiger partial charge in [0.2, 0.25) is 0 Å². The van der Waals surface area contributed by atoms with E-state index in [0.717, 1.165) is 0 Å². The Morgan fingerprint density at radius 1 is 0.682 bits per heavy atom. The number of hydrogen-bond acceptors (Lipinski definition) is 0. The fourth-order valence-corrected chi connectivity index (χ4v) is 3.40. The number of para-hydroxylation sites is 3. The summed E-state index contributed by atoms with van der Waals surface area (Å²) in [7, 11) is 0. The van der Waals surface area contributed by atoms with Gasteiger partial charge in [0.25, 0.3) is 0 Å². The molecule has 0 aliphatic carbocycles. The SMILES string of the molecule is [HH].c1ccc(-n2c3ccccc3c3[nH]c4ccccc4c32)cc1. The molecule has 0 saturated heterocycles. The van der Waals surface area contributed by atoms with Gasteiger partial charge < -0.3 is 9.55 Å². The standard InChI is InChI=1S/C20H14N2.H2/c1-2-8-14(9-3-1)22-18-13-7-5-11-16(18)19-20(22)15-10-4-6-12-17(15)21-19;/h1-13,21H;1H. The van der Waals surface area contributed by atoms with Crippen molar-refractivity contribution in [3.05, 3.63) is 78.9 Å². The summed E-state index contributed by atoms with van der Waals surface area (Å²) in [6, 6.07) is 27.6.